The molecule has 0 fully saturated rings. The van der Waals surface area contributed by atoms with E-state index in [9.17, 15) is 9.59 Å². The largest absolute Gasteiger partial charge is 0.366 e. The van der Waals surface area contributed by atoms with Crippen molar-refractivity contribution in [1.82, 2.24) is 4.57 Å². The molecule has 4 nitrogen and oxygen atoms in total. The quantitative estimate of drug-likeness (QED) is 0.931. The van der Waals surface area contributed by atoms with Crippen LogP contribution in [0.2, 0.25) is 5.02 Å². The van der Waals surface area contributed by atoms with Gasteiger partial charge in [-0.05, 0) is 30.7 Å². The smallest absolute Gasteiger partial charge is 0.253 e. The molecule has 0 atom stereocenters. The molecule has 0 radical (unpaired) electrons. The number of aryl methyl sites for hydroxylation is 1. The van der Waals surface area contributed by atoms with Crippen molar-refractivity contribution in [3.63, 3.8) is 0 Å². The molecule has 0 aliphatic carbocycles. The van der Waals surface area contributed by atoms with Crippen molar-refractivity contribution in [3.05, 3.63) is 68.6 Å². The van der Waals surface area contributed by atoms with E-state index in [1.165, 1.54) is 6.07 Å². The molecule has 2 N–H and O–H groups in total. The lowest BCUT2D eigenvalue weighted by molar-refractivity contribution is 0.100. The molecular formula is C14H13ClN2O2. The molecule has 2 aromatic rings. The summed E-state index contributed by atoms with van der Waals surface area (Å²) in [4.78, 5) is 22.9. The molecular weight excluding hydrogens is 264 g/mol. The summed E-state index contributed by atoms with van der Waals surface area (Å²) >= 11 is 6.09. The number of carbonyl (C=O) groups excluding carboxylic acids is 1. The molecule has 1 aromatic heterocycles. The minimum Gasteiger partial charge on any atom is -0.366 e. The fourth-order valence-electron chi connectivity index (χ4n) is 1.79. The number of hydrogen-bond donors (Lipinski definition) is 1. The van der Waals surface area contributed by atoms with E-state index < -0.39 is 5.91 Å². The van der Waals surface area contributed by atoms with Crippen molar-refractivity contribution < 1.29 is 4.79 Å². The maximum absolute atomic E-state index is 11.9. The number of halogens is 1. The van der Waals surface area contributed by atoms with Gasteiger partial charge >= 0.3 is 0 Å². The van der Waals surface area contributed by atoms with Crippen LogP contribution in [0.3, 0.4) is 0 Å². The van der Waals surface area contributed by atoms with Crippen LogP contribution in [-0.2, 0) is 6.54 Å². The van der Waals surface area contributed by atoms with Gasteiger partial charge in [0.1, 0.15) is 0 Å². The fourth-order valence-corrected chi connectivity index (χ4v) is 2.03. The summed E-state index contributed by atoms with van der Waals surface area (Å²) in [6.07, 6.45) is 1.70. The van der Waals surface area contributed by atoms with Gasteiger partial charge in [-0.15, -0.1) is 0 Å². The lowest BCUT2D eigenvalue weighted by Gasteiger charge is -2.09. The zero-order chi connectivity index (χ0) is 14.0. The number of hydrogen-bond acceptors (Lipinski definition) is 2. The van der Waals surface area contributed by atoms with E-state index in [4.69, 9.17) is 17.3 Å². The number of pyridine rings is 1. The van der Waals surface area contributed by atoms with Crippen molar-refractivity contribution in [2.45, 2.75) is 13.5 Å². The van der Waals surface area contributed by atoms with E-state index in [0.717, 1.165) is 5.56 Å². The second-order valence-electron chi connectivity index (χ2n) is 4.29. The zero-order valence-corrected chi connectivity index (χ0v) is 11.1. The van der Waals surface area contributed by atoms with Crippen LogP contribution in [0.25, 0.3) is 0 Å². The standard InChI is InChI=1S/C14H13ClN2O2/c1-9-3-2-6-17(14(9)19)8-11-5-4-10(13(16)18)7-12(11)15/h2-7H,8H2,1H3,(H2,16,18). The van der Waals surface area contributed by atoms with Crippen LogP contribution >= 0.6 is 11.6 Å². The van der Waals surface area contributed by atoms with E-state index in [1.807, 2.05) is 6.07 Å². The lowest BCUT2D eigenvalue weighted by atomic mass is 10.1. The van der Waals surface area contributed by atoms with Crippen molar-refractivity contribution in [1.29, 1.82) is 0 Å². The third kappa shape index (κ3) is 2.85. The summed E-state index contributed by atoms with van der Waals surface area (Å²) in [6, 6.07) is 8.39. The number of benzene rings is 1. The second-order valence-corrected chi connectivity index (χ2v) is 4.70. The van der Waals surface area contributed by atoms with Gasteiger partial charge < -0.3 is 10.3 Å². The normalized spacial score (nSPS) is 10.4. The first-order valence-electron chi connectivity index (χ1n) is 5.73. The van der Waals surface area contributed by atoms with Gasteiger partial charge in [0.05, 0.1) is 6.54 Å². The average molecular weight is 277 g/mol. The Kier molecular flexibility index (Phi) is 3.71. The third-order valence-electron chi connectivity index (χ3n) is 2.89. The highest BCUT2D eigenvalue weighted by atomic mass is 35.5. The summed E-state index contributed by atoms with van der Waals surface area (Å²) in [7, 11) is 0. The molecule has 98 valence electrons. The molecule has 5 heteroatoms. The lowest BCUT2D eigenvalue weighted by Crippen LogP contribution is -2.21. The summed E-state index contributed by atoms with van der Waals surface area (Å²) in [5.74, 6) is -0.527. The number of rotatable bonds is 3. The van der Waals surface area contributed by atoms with Crippen molar-refractivity contribution in [2.24, 2.45) is 5.73 Å². The SMILES string of the molecule is Cc1cccn(Cc2ccc(C(N)=O)cc2Cl)c1=O. The first kappa shape index (κ1) is 13.4. The maximum Gasteiger partial charge on any atom is 0.253 e. The average Bonchev–Trinajstić information content (AvgIpc) is 2.37. The number of nitrogens with two attached hydrogens (primary N) is 1. The minimum absolute atomic E-state index is 0.0578. The Balaban J connectivity index is 2.36. The first-order valence-corrected chi connectivity index (χ1v) is 6.11. The predicted molar refractivity (Wildman–Crippen MR) is 74.5 cm³/mol. The maximum atomic E-state index is 11.9. The van der Waals surface area contributed by atoms with E-state index in [-0.39, 0.29) is 5.56 Å². The summed E-state index contributed by atoms with van der Waals surface area (Å²) < 4.78 is 1.57. The molecule has 0 spiro atoms. The Morgan fingerprint density at radius 3 is 2.74 bits per heavy atom. The zero-order valence-electron chi connectivity index (χ0n) is 10.4. The first-order chi connectivity index (χ1) is 8.99. The second kappa shape index (κ2) is 5.28. The van der Waals surface area contributed by atoms with Crippen molar-refractivity contribution >= 4 is 17.5 Å². The van der Waals surface area contributed by atoms with E-state index in [1.54, 1.807) is 35.9 Å². The van der Waals surface area contributed by atoms with Crippen LogP contribution in [0, 0.1) is 6.92 Å². The number of aromatic nitrogens is 1. The Morgan fingerprint density at radius 2 is 2.11 bits per heavy atom. The molecule has 0 bridgehead atoms. The predicted octanol–water partition coefficient (Wildman–Crippen LogP) is 1.96. The Bertz CT molecular complexity index is 692. The number of nitrogens with zero attached hydrogens (tertiary/aromatic N) is 1. The van der Waals surface area contributed by atoms with Gasteiger partial charge in [-0.3, -0.25) is 9.59 Å². The van der Waals surface area contributed by atoms with Crippen LogP contribution in [0.1, 0.15) is 21.5 Å². The van der Waals surface area contributed by atoms with Gasteiger partial charge in [-0.1, -0.05) is 23.7 Å². The third-order valence-corrected chi connectivity index (χ3v) is 3.24. The minimum atomic E-state index is -0.527. The van der Waals surface area contributed by atoms with Gasteiger partial charge in [0, 0.05) is 22.3 Å². The van der Waals surface area contributed by atoms with Crippen LogP contribution < -0.4 is 11.3 Å². The summed E-state index contributed by atoms with van der Waals surface area (Å²) in [5, 5.41) is 0.421. The highest BCUT2D eigenvalue weighted by Crippen LogP contribution is 2.18. The monoisotopic (exact) mass is 276 g/mol. The molecule has 1 heterocycles. The number of primary amides is 1. The summed E-state index contributed by atoms with van der Waals surface area (Å²) in [5.41, 5.74) is 6.91. The molecule has 2 rings (SSSR count). The number of amides is 1. The van der Waals surface area contributed by atoms with Crippen LogP contribution in [0.5, 0.6) is 0 Å². The highest BCUT2D eigenvalue weighted by Gasteiger charge is 2.07. The Labute approximate surface area is 115 Å². The van der Waals surface area contributed by atoms with Gasteiger partial charge in [0.2, 0.25) is 5.91 Å². The van der Waals surface area contributed by atoms with Crippen LogP contribution in [0.15, 0.2) is 41.3 Å². The molecule has 0 unspecified atom stereocenters. The molecule has 19 heavy (non-hydrogen) atoms. The molecule has 1 amide bonds. The van der Waals surface area contributed by atoms with Gasteiger partial charge in [0.25, 0.3) is 5.56 Å². The van der Waals surface area contributed by atoms with Crippen LogP contribution in [0.4, 0.5) is 0 Å². The highest BCUT2D eigenvalue weighted by molar-refractivity contribution is 6.31. The number of carbonyl (C=O) groups is 1. The van der Waals surface area contributed by atoms with Gasteiger partial charge in [-0.2, -0.15) is 0 Å². The van der Waals surface area contributed by atoms with Crippen molar-refractivity contribution in [3.8, 4) is 0 Å². The Morgan fingerprint density at radius 1 is 1.37 bits per heavy atom. The molecule has 1 aromatic carbocycles. The van der Waals surface area contributed by atoms with E-state index in [0.29, 0.717) is 22.7 Å². The van der Waals surface area contributed by atoms with Crippen molar-refractivity contribution in [2.75, 3.05) is 0 Å². The molecule has 0 saturated heterocycles. The van der Waals surface area contributed by atoms with Gasteiger partial charge in [0.15, 0.2) is 0 Å². The van der Waals surface area contributed by atoms with E-state index >= 15 is 0 Å². The Hall–Kier alpha value is -2.07. The molecule has 0 aliphatic rings. The summed E-state index contributed by atoms with van der Waals surface area (Å²) in [6.45, 7) is 2.12. The topological polar surface area (TPSA) is 65.1 Å². The molecule has 0 saturated carbocycles. The van der Waals surface area contributed by atoms with Crippen LogP contribution in [-0.4, -0.2) is 10.5 Å². The van der Waals surface area contributed by atoms with Gasteiger partial charge in [-0.25, -0.2) is 0 Å². The fraction of sp³-hybridized carbons (Fsp3) is 0.143. The van der Waals surface area contributed by atoms with E-state index in [2.05, 4.69) is 0 Å². The molecule has 0 aliphatic heterocycles.